The third-order valence-electron chi connectivity index (χ3n) is 4.57. The van der Waals surface area contributed by atoms with E-state index in [2.05, 4.69) is 4.98 Å². The molecule has 0 spiro atoms. The van der Waals surface area contributed by atoms with Crippen LogP contribution in [-0.4, -0.2) is 15.5 Å². The summed E-state index contributed by atoms with van der Waals surface area (Å²) in [6, 6.07) is 15.0. The Morgan fingerprint density at radius 1 is 1.14 bits per heavy atom. The molecular weight excluding hydrogens is 372 g/mol. The van der Waals surface area contributed by atoms with Gasteiger partial charge in [0.1, 0.15) is 18.6 Å². The van der Waals surface area contributed by atoms with Crippen molar-refractivity contribution in [3.63, 3.8) is 0 Å². The molecule has 0 bridgehead atoms. The van der Waals surface area contributed by atoms with Crippen LogP contribution in [-0.2, 0) is 22.7 Å². The van der Waals surface area contributed by atoms with E-state index in [1.54, 1.807) is 12.1 Å². The van der Waals surface area contributed by atoms with E-state index in [-0.39, 0.29) is 19.0 Å². The third kappa shape index (κ3) is 4.29. The van der Waals surface area contributed by atoms with Crippen molar-refractivity contribution in [1.29, 1.82) is 0 Å². The van der Waals surface area contributed by atoms with Crippen LogP contribution in [0.5, 0.6) is 0 Å². The first kappa shape index (κ1) is 18.7. The van der Waals surface area contributed by atoms with Crippen LogP contribution in [0, 0.1) is 6.92 Å². The lowest BCUT2D eigenvalue weighted by Crippen LogP contribution is -2.15. The molecule has 2 heterocycles. The highest BCUT2D eigenvalue weighted by Crippen LogP contribution is 2.19. The molecule has 0 N–H and O–H groups in total. The largest absolute Gasteiger partial charge is 0.459 e. The van der Waals surface area contributed by atoms with E-state index in [9.17, 15) is 9.59 Å². The van der Waals surface area contributed by atoms with E-state index in [0.29, 0.717) is 30.1 Å². The van der Waals surface area contributed by atoms with Gasteiger partial charge in [0.2, 0.25) is 5.89 Å². The van der Waals surface area contributed by atoms with Crippen LogP contribution in [0.25, 0.3) is 22.6 Å². The molecule has 4 rings (SSSR count). The lowest BCUT2D eigenvalue weighted by molar-refractivity contribution is -0.145. The van der Waals surface area contributed by atoms with Crippen molar-refractivity contribution in [3.05, 3.63) is 76.6 Å². The van der Waals surface area contributed by atoms with Crippen LogP contribution in [0.15, 0.2) is 68.4 Å². The summed E-state index contributed by atoms with van der Waals surface area (Å²) in [7, 11) is 0. The van der Waals surface area contributed by atoms with Gasteiger partial charge < -0.3 is 13.6 Å². The van der Waals surface area contributed by atoms with Gasteiger partial charge in [-0.3, -0.25) is 9.36 Å². The number of carbonyl (C=O) groups is 1. The Bertz CT molecular complexity index is 1180. The van der Waals surface area contributed by atoms with Crippen LogP contribution in [0.1, 0.15) is 24.1 Å². The van der Waals surface area contributed by atoms with Gasteiger partial charge in [-0.2, -0.15) is 0 Å². The topological polar surface area (TPSA) is 87.5 Å². The fourth-order valence-electron chi connectivity index (χ4n) is 3.04. The van der Waals surface area contributed by atoms with Crippen molar-refractivity contribution in [3.8, 4) is 11.5 Å². The van der Waals surface area contributed by atoms with Gasteiger partial charge in [-0.05, 0) is 37.6 Å². The normalized spacial score (nSPS) is 11.1. The van der Waals surface area contributed by atoms with E-state index in [4.69, 9.17) is 13.6 Å². The lowest BCUT2D eigenvalue weighted by atomic mass is 10.1. The van der Waals surface area contributed by atoms with E-state index in [1.165, 1.54) is 10.8 Å². The summed E-state index contributed by atoms with van der Waals surface area (Å²) in [6.07, 6.45) is 2.14. The smallest absolute Gasteiger partial charge is 0.419 e. The second kappa shape index (κ2) is 8.18. The van der Waals surface area contributed by atoms with Crippen LogP contribution in [0.4, 0.5) is 0 Å². The van der Waals surface area contributed by atoms with Crippen molar-refractivity contribution in [1.82, 2.24) is 9.55 Å². The number of fused-ring (bicyclic) bond motifs is 1. The second-order valence-corrected chi connectivity index (χ2v) is 6.76. The number of aromatic nitrogens is 2. The van der Waals surface area contributed by atoms with Crippen LogP contribution < -0.4 is 5.76 Å². The Kier molecular flexibility index (Phi) is 5.29. The molecule has 0 saturated carbocycles. The molecule has 0 aliphatic heterocycles. The number of para-hydroxylation sites is 2. The molecule has 0 aliphatic carbocycles. The van der Waals surface area contributed by atoms with Crippen LogP contribution >= 0.6 is 0 Å². The molecule has 2 aromatic carbocycles. The van der Waals surface area contributed by atoms with Crippen LogP contribution in [0.3, 0.4) is 0 Å². The number of aryl methyl sites for hydroxylation is 2. The highest BCUT2D eigenvalue weighted by molar-refractivity contribution is 5.72. The lowest BCUT2D eigenvalue weighted by Gasteiger charge is -2.03. The predicted octanol–water partition coefficient (Wildman–Crippen LogP) is 4.08. The van der Waals surface area contributed by atoms with Crippen LogP contribution in [0.2, 0.25) is 0 Å². The number of oxazole rings is 2. The predicted molar refractivity (Wildman–Crippen MR) is 106 cm³/mol. The minimum absolute atomic E-state index is 0.0444. The zero-order chi connectivity index (χ0) is 20.2. The standard InChI is InChI=1S/C22H20N2O5/c1-15-8-10-16(11-9-15)21-23-17(14-28-21)13-27-20(25)7-4-12-24-18-5-2-3-6-19(18)29-22(24)26/h2-3,5-6,8-11,14H,4,7,12-13H2,1H3. The molecule has 7 nitrogen and oxygen atoms in total. The van der Waals surface area contributed by atoms with Gasteiger partial charge in [0.05, 0.1) is 5.52 Å². The molecule has 0 saturated heterocycles. The Labute approximate surface area is 166 Å². The maximum atomic E-state index is 12.0. The van der Waals surface area contributed by atoms with Crippen molar-refractivity contribution < 1.29 is 18.4 Å². The van der Waals surface area contributed by atoms with E-state index in [1.807, 2.05) is 43.3 Å². The van der Waals surface area contributed by atoms with E-state index >= 15 is 0 Å². The van der Waals surface area contributed by atoms with Gasteiger partial charge >= 0.3 is 11.7 Å². The second-order valence-electron chi connectivity index (χ2n) is 6.76. The number of ether oxygens (including phenoxy) is 1. The molecule has 148 valence electrons. The van der Waals surface area contributed by atoms with Gasteiger partial charge in [-0.1, -0.05) is 29.8 Å². The molecule has 0 fully saturated rings. The molecule has 0 amide bonds. The zero-order valence-corrected chi connectivity index (χ0v) is 16.0. The van der Waals surface area contributed by atoms with Crippen molar-refractivity contribution in [2.75, 3.05) is 0 Å². The van der Waals surface area contributed by atoms with Gasteiger partial charge in [0.15, 0.2) is 5.58 Å². The van der Waals surface area contributed by atoms with Crippen molar-refractivity contribution in [2.24, 2.45) is 0 Å². The Morgan fingerprint density at radius 3 is 2.76 bits per heavy atom. The monoisotopic (exact) mass is 392 g/mol. The highest BCUT2D eigenvalue weighted by atomic mass is 16.5. The maximum absolute atomic E-state index is 12.0. The maximum Gasteiger partial charge on any atom is 0.419 e. The molecule has 4 aromatic rings. The first-order valence-electron chi connectivity index (χ1n) is 9.35. The minimum atomic E-state index is -0.425. The number of hydrogen-bond acceptors (Lipinski definition) is 6. The number of rotatable bonds is 7. The molecule has 0 aliphatic rings. The summed E-state index contributed by atoms with van der Waals surface area (Å²) < 4.78 is 17.4. The summed E-state index contributed by atoms with van der Waals surface area (Å²) in [6.45, 7) is 2.44. The summed E-state index contributed by atoms with van der Waals surface area (Å²) in [5, 5.41) is 0. The van der Waals surface area contributed by atoms with E-state index in [0.717, 1.165) is 16.6 Å². The Morgan fingerprint density at radius 2 is 1.93 bits per heavy atom. The molecule has 0 unspecified atom stereocenters. The molecule has 2 aromatic heterocycles. The summed E-state index contributed by atoms with van der Waals surface area (Å²) >= 11 is 0. The summed E-state index contributed by atoms with van der Waals surface area (Å²) in [5.74, 6) is -0.293. The zero-order valence-electron chi connectivity index (χ0n) is 16.0. The Balaban J connectivity index is 1.28. The molecule has 0 radical (unpaired) electrons. The SMILES string of the molecule is Cc1ccc(-c2nc(COC(=O)CCCn3c(=O)oc4ccccc43)co2)cc1. The van der Waals surface area contributed by atoms with Crippen molar-refractivity contribution in [2.45, 2.75) is 32.9 Å². The first-order valence-corrected chi connectivity index (χ1v) is 9.35. The number of hydrogen-bond donors (Lipinski definition) is 0. The van der Waals surface area contributed by atoms with Gasteiger partial charge in [-0.15, -0.1) is 0 Å². The summed E-state index contributed by atoms with van der Waals surface area (Å²) in [5.41, 5.74) is 3.82. The number of nitrogens with zero attached hydrogens (tertiary/aromatic N) is 2. The Hall–Kier alpha value is -3.61. The van der Waals surface area contributed by atoms with Crippen molar-refractivity contribution >= 4 is 17.1 Å². The molecule has 0 atom stereocenters. The third-order valence-corrected chi connectivity index (χ3v) is 4.57. The van der Waals surface area contributed by atoms with Gasteiger partial charge in [-0.25, -0.2) is 9.78 Å². The van der Waals surface area contributed by atoms with E-state index < -0.39 is 5.76 Å². The number of carbonyl (C=O) groups excluding carboxylic acids is 1. The molecular formula is C22H20N2O5. The van der Waals surface area contributed by atoms with Gasteiger partial charge in [0.25, 0.3) is 0 Å². The highest BCUT2D eigenvalue weighted by Gasteiger charge is 2.11. The average molecular weight is 392 g/mol. The fraction of sp³-hybridized carbons (Fsp3) is 0.227. The fourth-order valence-corrected chi connectivity index (χ4v) is 3.04. The molecule has 29 heavy (non-hydrogen) atoms. The summed E-state index contributed by atoms with van der Waals surface area (Å²) in [4.78, 5) is 28.3. The number of esters is 1. The number of benzene rings is 2. The average Bonchev–Trinajstić information content (AvgIpc) is 3.32. The van der Waals surface area contributed by atoms with Gasteiger partial charge in [0, 0.05) is 18.5 Å². The minimum Gasteiger partial charge on any atom is -0.459 e. The quantitative estimate of drug-likeness (QED) is 0.440. The first-order chi connectivity index (χ1) is 14.1. The molecule has 7 heteroatoms.